The summed E-state index contributed by atoms with van der Waals surface area (Å²) in [6.45, 7) is 8.98. The van der Waals surface area contributed by atoms with Crippen molar-refractivity contribution < 1.29 is 13.9 Å². The van der Waals surface area contributed by atoms with Crippen molar-refractivity contribution in [2.45, 2.75) is 58.8 Å². The van der Waals surface area contributed by atoms with Crippen LogP contribution in [0.25, 0.3) is 0 Å². The van der Waals surface area contributed by atoms with E-state index in [4.69, 9.17) is 9.15 Å². The number of benzene rings is 2. The van der Waals surface area contributed by atoms with Gasteiger partial charge in [-0.1, -0.05) is 54.1 Å². The molecule has 3 aromatic rings. The number of rotatable bonds is 9. The van der Waals surface area contributed by atoms with Crippen LogP contribution in [-0.4, -0.2) is 35.0 Å². The summed E-state index contributed by atoms with van der Waals surface area (Å²) in [6.07, 6.45) is 3.57. The monoisotopic (exact) mass is 447 g/mol. The van der Waals surface area contributed by atoms with E-state index in [0.29, 0.717) is 24.7 Å². The fourth-order valence-corrected chi connectivity index (χ4v) is 4.28. The topological polar surface area (TPSA) is 67.6 Å². The van der Waals surface area contributed by atoms with Crippen molar-refractivity contribution in [2.75, 3.05) is 13.2 Å². The number of aryl methyl sites for hydroxylation is 2. The molecule has 0 saturated carbocycles. The predicted octanol–water partition coefficient (Wildman–Crippen LogP) is 4.96. The molecule has 1 fully saturated rings. The Morgan fingerprint density at radius 2 is 2.00 bits per heavy atom. The number of nitrogens with zero attached hydrogens (tertiary/aromatic N) is 2. The third-order valence-electron chi connectivity index (χ3n) is 6.34. The van der Waals surface area contributed by atoms with E-state index in [-0.39, 0.29) is 18.1 Å². The lowest BCUT2D eigenvalue weighted by atomic mass is 10.0. The van der Waals surface area contributed by atoms with Crippen LogP contribution in [-0.2, 0) is 17.8 Å². The molecule has 0 bridgehead atoms. The second kappa shape index (κ2) is 10.8. The minimum absolute atomic E-state index is 0.0975. The largest absolute Gasteiger partial charge is 0.447 e. The molecule has 33 heavy (non-hydrogen) atoms. The lowest BCUT2D eigenvalue weighted by molar-refractivity contribution is 0.0853. The number of carbonyl (C=O) groups is 1. The second-order valence-corrected chi connectivity index (χ2v) is 8.89. The average molecular weight is 448 g/mol. The van der Waals surface area contributed by atoms with E-state index < -0.39 is 0 Å². The van der Waals surface area contributed by atoms with Crippen LogP contribution in [0.5, 0.6) is 0 Å². The molecule has 2 heterocycles. The first kappa shape index (κ1) is 23.2. The molecule has 1 aliphatic rings. The van der Waals surface area contributed by atoms with Crippen LogP contribution < -0.4 is 5.32 Å². The summed E-state index contributed by atoms with van der Waals surface area (Å²) in [7, 11) is 0. The number of amides is 1. The summed E-state index contributed by atoms with van der Waals surface area (Å²) < 4.78 is 11.3. The summed E-state index contributed by atoms with van der Waals surface area (Å²) in [6, 6.07) is 17.1. The number of hydrogen-bond donors (Lipinski definition) is 1. The van der Waals surface area contributed by atoms with Gasteiger partial charge in [-0.05, 0) is 50.3 Å². The second-order valence-electron chi connectivity index (χ2n) is 8.89. The third kappa shape index (κ3) is 6.09. The highest BCUT2D eigenvalue weighted by Crippen LogP contribution is 2.26. The predicted molar refractivity (Wildman–Crippen MR) is 128 cm³/mol. The van der Waals surface area contributed by atoms with Crippen LogP contribution in [0.15, 0.2) is 59.2 Å². The fraction of sp³-hybridized carbons (Fsp3) is 0.407. The molecule has 2 aromatic carbocycles. The Balaban J connectivity index is 1.48. The Kier molecular flexibility index (Phi) is 7.57. The van der Waals surface area contributed by atoms with Crippen LogP contribution >= 0.6 is 0 Å². The van der Waals surface area contributed by atoms with Gasteiger partial charge in [0, 0.05) is 25.7 Å². The maximum Gasteiger partial charge on any atom is 0.273 e. The van der Waals surface area contributed by atoms with Crippen LogP contribution in [0, 0.1) is 13.8 Å². The van der Waals surface area contributed by atoms with Gasteiger partial charge in [0.25, 0.3) is 5.91 Å². The Hall–Kier alpha value is -2.96. The van der Waals surface area contributed by atoms with E-state index in [1.54, 1.807) is 0 Å². The highest BCUT2D eigenvalue weighted by atomic mass is 16.5. The summed E-state index contributed by atoms with van der Waals surface area (Å²) >= 11 is 0. The number of ether oxygens (including phenoxy) is 1. The molecule has 6 heteroatoms. The van der Waals surface area contributed by atoms with Crippen LogP contribution in [0.1, 0.15) is 64.4 Å². The summed E-state index contributed by atoms with van der Waals surface area (Å²) in [5.41, 5.74) is 5.32. The van der Waals surface area contributed by atoms with Gasteiger partial charge in [0.1, 0.15) is 6.26 Å². The molecular weight excluding hydrogens is 414 g/mol. The van der Waals surface area contributed by atoms with Crippen molar-refractivity contribution in [1.82, 2.24) is 15.2 Å². The molecule has 1 saturated heterocycles. The van der Waals surface area contributed by atoms with Gasteiger partial charge in [-0.3, -0.25) is 9.69 Å². The number of carbonyl (C=O) groups excluding carboxylic acids is 1. The standard InChI is InChI=1S/C27H33N3O3/c1-19-11-12-23(20(2)14-19)16-30(21(3)22-8-5-4-6-9-22)17-26-29-25(18-33-26)27(31)28-15-24-10-7-13-32-24/h4-6,8-9,11-12,14,18,21,24H,7,10,13,15-17H2,1-3H3,(H,28,31)/t21-,24-/m1/s1. The smallest absolute Gasteiger partial charge is 0.273 e. The zero-order valence-corrected chi connectivity index (χ0v) is 19.7. The number of aromatic nitrogens is 1. The Morgan fingerprint density at radius 3 is 2.73 bits per heavy atom. The Morgan fingerprint density at radius 1 is 1.18 bits per heavy atom. The van der Waals surface area contributed by atoms with Crippen molar-refractivity contribution in [3.8, 4) is 0 Å². The molecule has 174 valence electrons. The summed E-state index contributed by atoms with van der Waals surface area (Å²) in [5.74, 6) is 0.308. The highest BCUT2D eigenvalue weighted by molar-refractivity contribution is 5.91. The SMILES string of the molecule is Cc1ccc(CN(Cc2nc(C(=O)NC[C@H]3CCCO3)co2)[C@H](C)c2ccccc2)c(C)c1. The Bertz CT molecular complexity index is 1060. The first-order valence-corrected chi connectivity index (χ1v) is 11.7. The number of oxazole rings is 1. The Labute approximate surface area is 196 Å². The van der Waals surface area contributed by atoms with Crippen molar-refractivity contribution in [1.29, 1.82) is 0 Å². The van der Waals surface area contributed by atoms with Gasteiger partial charge in [-0.15, -0.1) is 0 Å². The molecule has 4 rings (SSSR count). The van der Waals surface area contributed by atoms with Gasteiger partial charge in [-0.2, -0.15) is 0 Å². The molecule has 2 atom stereocenters. The molecule has 6 nitrogen and oxygen atoms in total. The molecule has 1 amide bonds. The molecule has 1 N–H and O–H groups in total. The van der Waals surface area contributed by atoms with Gasteiger partial charge in [0.05, 0.1) is 12.6 Å². The minimum atomic E-state index is -0.225. The van der Waals surface area contributed by atoms with Crippen molar-refractivity contribution in [2.24, 2.45) is 0 Å². The van der Waals surface area contributed by atoms with Crippen LogP contribution in [0.4, 0.5) is 0 Å². The van der Waals surface area contributed by atoms with E-state index in [9.17, 15) is 4.79 Å². The quantitative estimate of drug-likeness (QED) is 0.502. The van der Waals surface area contributed by atoms with E-state index in [0.717, 1.165) is 26.0 Å². The normalized spacial score (nSPS) is 16.8. The first-order valence-electron chi connectivity index (χ1n) is 11.7. The van der Waals surface area contributed by atoms with Crippen molar-refractivity contribution in [3.63, 3.8) is 0 Å². The van der Waals surface area contributed by atoms with Gasteiger partial charge in [0.2, 0.25) is 5.89 Å². The lowest BCUT2D eigenvalue weighted by Crippen LogP contribution is -2.32. The molecule has 0 unspecified atom stereocenters. The summed E-state index contributed by atoms with van der Waals surface area (Å²) in [5, 5.41) is 2.91. The molecule has 1 aromatic heterocycles. The van der Waals surface area contributed by atoms with Gasteiger partial charge in [0.15, 0.2) is 5.69 Å². The molecule has 1 aliphatic heterocycles. The van der Waals surface area contributed by atoms with Gasteiger partial charge < -0.3 is 14.5 Å². The molecule has 0 spiro atoms. The molecule has 0 aliphatic carbocycles. The number of hydrogen-bond acceptors (Lipinski definition) is 5. The molecule has 0 radical (unpaired) electrons. The van der Waals surface area contributed by atoms with E-state index in [2.05, 4.69) is 78.4 Å². The third-order valence-corrected chi connectivity index (χ3v) is 6.34. The maximum atomic E-state index is 12.5. The lowest BCUT2D eigenvalue weighted by Gasteiger charge is -2.29. The van der Waals surface area contributed by atoms with E-state index in [1.807, 2.05) is 6.07 Å². The summed E-state index contributed by atoms with van der Waals surface area (Å²) in [4.78, 5) is 19.3. The zero-order chi connectivity index (χ0) is 23.2. The van der Waals surface area contributed by atoms with Gasteiger partial charge >= 0.3 is 0 Å². The van der Waals surface area contributed by atoms with Crippen molar-refractivity contribution in [3.05, 3.63) is 88.6 Å². The maximum absolute atomic E-state index is 12.5. The van der Waals surface area contributed by atoms with E-state index in [1.165, 1.54) is 28.5 Å². The van der Waals surface area contributed by atoms with E-state index >= 15 is 0 Å². The minimum Gasteiger partial charge on any atom is -0.447 e. The van der Waals surface area contributed by atoms with Crippen LogP contribution in [0.2, 0.25) is 0 Å². The highest BCUT2D eigenvalue weighted by Gasteiger charge is 2.22. The zero-order valence-electron chi connectivity index (χ0n) is 19.7. The molecular formula is C27H33N3O3. The number of nitrogens with one attached hydrogen (secondary N) is 1. The van der Waals surface area contributed by atoms with Crippen LogP contribution in [0.3, 0.4) is 0 Å². The average Bonchev–Trinajstić information content (AvgIpc) is 3.51. The first-order chi connectivity index (χ1) is 16.0. The fourth-order valence-electron chi connectivity index (χ4n) is 4.28. The van der Waals surface area contributed by atoms with Crippen molar-refractivity contribution >= 4 is 5.91 Å². The van der Waals surface area contributed by atoms with Gasteiger partial charge in [-0.25, -0.2) is 4.98 Å².